The van der Waals surface area contributed by atoms with E-state index < -0.39 is 23.8 Å². The highest BCUT2D eigenvalue weighted by Gasteiger charge is 2.44. The predicted molar refractivity (Wildman–Crippen MR) is 105 cm³/mol. The van der Waals surface area contributed by atoms with Crippen molar-refractivity contribution in [2.75, 3.05) is 26.7 Å². The fraction of sp³-hybridized carbons (Fsp3) is 0.524. The largest absolute Gasteiger partial charge is 0.319 e. The van der Waals surface area contributed by atoms with Crippen LogP contribution in [0.25, 0.3) is 0 Å². The average Bonchev–Trinajstić information content (AvgIpc) is 2.94. The van der Waals surface area contributed by atoms with E-state index in [-0.39, 0.29) is 18.7 Å². The van der Waals surface area contributed by atoms with Gasteiger partial charge in [-0.15, -0.1) is 0 Å². The summed E-state index contributed by atoms with van der Waals surface area (Å²) in [7, 11) is 1.98. The molecule has 2 N–H and O–H groups in total. The second kappa shape index (κ2) is 8.04. The minimum Gasteiger partial charge on any atom is -0.319 e. The maximum atomic E-state index is 12.9. The van der Waals surface area contributed by atoms with Crippen molar-refractivity contribution in [3.63, 3.8) is 0 Å². The zero-order valence-electron chi connectivity index (χ0n) is 16.6. The van der Waals surface area contributed by atoms with Crippen molar-refractivity contribution in [2.24, 2.45) is 5.92 Å². The lowest BCUT2D eigenvalue weighted by molar-refractivity contribution is -0.136. The smallest absolute Gasteiger partial charge is 0.262 e. The number of hydrogen-bond acceptors (Lipinski definition) is 6. The Labute approximate surface area is 169 Å². The van der Waals surface area contributed by atoms with E-state index in [1.807, 2.05) is 13.1 Å². The molecule has 0 spiro atoms. The average molecular weight is 398 g/mol. The number of benzene rings is 1. The summed E-state index contributed by atoms with van der Waals surface area (Å²) in [6.07, 6.45) is 2.59. The topological polar surface area (TPSA) is 98.8 Å². The Hall–Kier alpha value is -2.58. The summed E-state index contributed by atoms with van der Waals surface area (Å²) < 4.78 is 0. The summed E-state index contributed by atoms with van der Waals surface area (Å²) in [5, 5.41) is 5.45. The van der Waals surface area contributed by atoms with Gasteiger partial charge in [-0.05, 0) is 69.6 Å². The molecular formula is C21H26N4O4. The molecule has 1 aromatic carbocycles. The van der Waals surface area contributed by atoms with Gasteiger partial charge in [-0.1, -0.05) is 6.07 Å². The fourth-order valence-corrected chi connectivity index (χ4v) is 4.51. The summed E-state index contributed by atoms with van der Waals surface area (Å²) in [4.78, 5) is 52.6. The molecule has 3 aliphatic rings. The number of rotatable bonds is 5. The molecule has 4 rings (SSSR count). The maximum Gasteiger partial charge on any atom is 0.262 e. The first kappa shape index (κ1) is 19.7. The number of amides is 4. The number of carbonyl (C=O) groups excluding carboxylic acids is 4. The van der Waals surface area contributed by atoms with Gasteiger partial charge in [0.25, 0.3) is 11.8 Å². The molecule has 3 aliphatic heterocycles. The number of hydrogen-bond donors (Lipinski definition) is 2. The van der Waals surface area contributed by atoms with E-state index in [0.717, 1.165) is 49.5 Å². The van der Waals surface area contributed by atoms with Crippen LogP contribution in [0.5, 0.6) is 0 Å². The van der Waals surface area contributed by atoms with E-state index >= 15 is 0 Å². The number of piperidine rings is 2. The summed E-state index contributed by atoms with van der Waals surface area (Å²) in [6.45, 7) is 3.80. The molecule has 3 heterocycles. The number of nitrogens with one attached hydrogen (secondary N) is 2. The van der Waals surface area contributed by atoms with Gasteiger partial charge in [0.05, 0.1) is 11.1 Å². The zero-order chi connectivity index (χ0) is 20.5. The molecule has 1 unspecified atom stereocenters. The van der Waals surface area contributed by atoms with E-state index in [2.05, 4.69) is 15.5 Å². The van der Waals surface area contributed by atoms with Gasteiger partial charge in [-0.25, -0.2) is 0 Å². The summed E-state index contributed by atoms with van der Waals surface area (Å²) in [6, 6.07) is 4.43. The van der Waals surface area contributed by atoms with E-state index in [9.17, 15) is 19.2 Å². The lowest BCUT2D eigenvalue weighted by Gasteiger charge is -2.31. The molecule has 0 aromatic heterocycles. The Bertz CT molecular complexity index is 860. The molecule has 29 heavy (non-hydrogen) atoms. The lowest BCUT2D eigenvalue weighted by atomic mass is 9.96. The molecule has 2 fully saturated rings. The van der Waals surface area contributed by atoms with Crippen molar-refractivity contribution in [1.82, 2.24) is 20.4 Å². The van der Waals surface area contributed by atoms with E-state index in [0.29, 0.717) is 17.0 Å². The fourth-order valence-electron chi connectivity index (χ4n) is 4.51. The highest BCUT2D eigenvalue weighted by Crippen LogP contribution is 2.29. The van der Waals surface area contributed by atoms with Gasteiger partial charge in [-0.2, -0.15) is 0 Å². The van der Waals surface area contributed by atoms with Crippen LogP contribution in [0.4, 0.5) is 0 Å². The van der Waals surface area contributed by atoms with Gasteiger partial charge in [0.1, 0.15) is 6.04 Å². The Balaban J connectivity index is 1.46. The van der Waals surface area contributed by atoms with Crippen LogP contribution in [0, 0.1) is 5.92 Å². The number of fused-ring (bicyclic) bond motifs is 1. The van der Waals surface area contributed by atoms with Crippen molar-refractivity contribution in [3.8, 4) is 0 Å². The Morgan fingerprint density at radius 1 is 1.03 bits per heavy atom. The standard InChI is InChI=1S/C21H26N4O4/c1-22-11-13-6-8-24(9-7-13)12-14-2-3-15-16(10-14)21(29)25(20(15)28)17-4-5-18(26)23-19(17)27/h2-3,10,13,17,22H,4-9,11-12H2,1H3,(H,23,26,27). The Kier molecular flexibility index (Phi) is 5.47. The molecule has 0 bridgehead atoms. The highest BCUT2D eigenvalue weighted by atomic mass is 16.2. The van der Waals surface area contributed by atoms with Crippen LogP contribution in [0.2, 0.25) is 0 Å². The van der Waals surface area contributed by atoms with E-state index in [1.165, 1.54) is 0 Å². The van der Waals surface area contributed by atoms with Gasteiger partial charge in [-0.3, -0.25) is 34.3 Å². The zero-order valence-corrected chi connectivity index (χ0v) is 16.6. The third-order valence-corrected chi connectivity index (χ3v) is 6.11. The number of likely N-dealkylation sites (tertiary alicyclic amines) is 1. The third-order valence-electron chi connectivity index (χ3n) is 6.11. The van der Waals surface area contributed by atoms with Crippen molar-refractivity contribution in [1.29, 1.82) is 0 Å². The molecule has 8 heteroatoms. The first-order valence-electron chi connectivity index (χ1n) is 10.2. The molecule has 1 atom stereocenters. The van der Waals surface area contributed by atoms with Crippen LogP contribution in [-0.4, -0.2) is 66.2 Å². The number of imide groups is 2. The number of carbonyl (C=O) groups is 4. The molecule has 0 aliphatic carbocycles. The Morgan fingerprint density at radius 3 is 2.45 bits per heavy atom. The quantitative estimate of drug-likeness (QED) is 0.702. The summed E-state index contributed by atoms with van der Waals surface area (Å²) in [5.41, 5.74) is 1.67. The van der Waals surface area contributed by atoms with Crippen molar-refractivity contribution >= 4 is 23.6 Å². The van der Waals surface area contributed by atoms with Crippen molar-refractivity contribution in [3.05, 3.63) is 34.9 Å². The second-order valence-electron chi connectivity index (χ2n) is 8.10. The molecule has 8 nitrogen and oxygen atoms in total. The third kappa shape index (κ3) is 3.82. The van der Waals surface area contributed by atoms with Crippen LogP contribution < -0.4 is 10.6 Å². The van der Waals surface area contributed by atoms with Gasteiger partial charge < -0.3 is 5.32 Å². The van der Waals surface area contributed by atoms with Crippen molar-refractivity contribution < 1.29 is 19.2 Å². The summed E-state index contributed by atoms with van der Waals surface area (Å²) >= 11 is 0. The van der Waals surface area contributed by atoms with Crippen LogP contribution in [0.1, 0.15) is 52.0 Å². The highest BCUT2D eigenvalue weighted by molar-refractivity contribution is 6.23. The van der Waals surface area contributed by atoms with Gasteiger partial charge in [0.15, 0.2) is 0 Å². The minimum atomic E-state index is -0.922. The molecule has 4 amide bonds. The normalized spacial score (nSPS) is 23.5. The molecule has 0 saturated carbocycles. The van der Waals surface area contributed by atoms with Crippen LogP contribution >= 0.6 is 0 Å². The minimum absolute atomic E-state index is 0.124. The van der Waals surface area contributed by atoms with Gasteiger partial charge >= 0.3 is 0 Å². The van der Waals surface area contributed by atoms with Crippen molar-refractivity contribution in [2.45, 2.75) is 38.3 Å². The van der Waals surface area contributed by atoms with Gasteiger partial charge in [0, 0.05) is 13.0 Å². The first-order valence-corrected chi connectivity index (χ1v) is 10.2. The molecule has 0 radical (unpaired) electrons. The molecule has 154 valence electrons. The van der Waals surface area contributed by atoms with Crippen LogP contribution in [0.15, 0.2) is 18.2 Å². The lowest BCUT2D eigenvalue weighted by Crippen LogP contribution is -2.54. The van der Waals surface area contributed by atoms with Gasteiger partial charge in [0.2, 0.25) is 11.8 Å². The number of nitrogens with zero attached hydrogens (tertiary/aromatic N) is 2. The summed E-state index contributed by atoms with van der Waals surface area (Å²) in [5.74, 6) is -1.16. The monoisotopic (exact) mass is 398 g/mol. The molecule has 1 aromatic rings. The first-order chi connectivity index (χ1) is 14.0. The second-order valence-corrected chi connectivity index (χ2v) is 8.10. The predicted octanol–water partition coefficient (Wildman–Crippen LogP) is 0.519. The maximum absolute atomic E-state index is 12.9. The molecular weight excluding hydrogens is 372 g/mol. The Morgan fingerprint density at radius 2 is 1.76 bits per heavy atom. The van der Waals surface area contributed by atoms with Crippen LogP contribution in [0.3, 0.4) is 0 Å². The van der Waals surface area contributed by atoms with E-state index in [4.69, 9.17) is 0 Å². The van der Waals surface area contributed by atoms with Crippen LogP contribution in [-0.2, 0) is 16.1 Å². The van der Waals surface area contributed by atoms with E-state index in [1.54, 1.807) is 12.1 Å². The molecule has 2 saturated heterocycles. The SMILES string of the molecule is CNCC1CCN(Cc2ccc3c(c2)C(=O)N(C2CCC(=O)NC2=O)C3=O)CC1.